The number of amides is 1. The van der Waals surface area contributed by atoms with E-state index in [2.05, 4.69) is 36.1 Å². The topological polar surface area (TPSA) is 43.8 Å². The van der Waals surface area contributed by atoms with Crippen molar-refractivity contribution < 1.29 is 9.90 Å². The fourth-order valence-corrected chi connectivity index (χ4v) is 3.91. The molecule has 1 amide bonds. The number of phenols is 1. The van der Waals surface area contributed by atoms with E-state index in [1.807, 2.05) is 36.9 Å². The van der Waals surface area contributed by atoms with Crippen molar-refractivity contribution in [3.05, 3.63) is 59.7 Å². The van der Waals surface area contributed by atoms with Crippen molar-refractivity contribution in [3.63, 3.8) is 0 Å². The molecular weight excluding hydrogens is 348 g/mol. The van der Waals surface area contributed by atoms with Crippen molar-refractivity contribution >= 4 is 11.6 Å². The van der Waals surface area contributed by atoms with E-state index in [4.69, 9.17) is 0 Å². The summed E-state index contributed by atoms with van der Waals surface area (Å²) < 4.78 is 0. The molecule has 1 fully saturated rings. The normalized spacial score (nSPS) is 15.7. The van der Waals surface area contributed by atoms with Crippen LogP contribution in [0.5, 0.6) is 5.75 Å². The van der Waals surface area contributed by atoms with Gasteiger partial charge < -0.3 is 10.0 Å². The number of piperidine rings is 1. The summed E-state index contributed by atoms with van der Waals surface area (Å²) in [6.07, 6.45) is 2.90. The largest absolute Gasteiger partial charge is 0.508 e. The number of hydrogen-bond donors (Lipinski definition) is 1. The molecule has 0 spiro atoms. The first-order valence-corrected chi connectivity index (χ1v) is 10.4. The second-order valence-corrected chi connectivity index (χ2v) is 8.02. The molecule has 0 aliphatic carbocycles. The van der Waals surface area contributed by atoms with Crippen LogP contribution in [0.25, 0.3) is 0 Å². The maximum absolute atomic E-state index is 13.0. The molecule has 3 rings (SSSR count). The molecule has 1 aliphatic heterocycles. The minimum Gasteiger partial charge on any atom is -0.508 e. The number of para-hydroxylation sites is 1. The lowest BCUT2D eigenvalue weighted by Crippen LogP contribution is -2.48. The average molecular weight is 381 g/mol. The lowest BCUT2D eigenvalue weighted by molar-refractivity contribution is -0.122. The fraction of sp³-hybridized carbons (Fsp3) is 0.458. The van der Waals surface area contributed by atoms with E-state index in [-0.39, 0.29) is 17.9 Å². The predicted molar refractivity (Wildman–Crippen MR) is 115 cm³/mol. The number of benzene rings is 2. The van der Waals surface area contributed by atoms with Crippen LogP contribution in [0, 0.1) is 5.92 Å². The zero-order chi connectivity index (χ0) is 20.1. The molecule has 0 unspecified atom stereocenters. The van der Waals surface area contributed by atoms with E-state index in [9.17, 15) is 9.90 Å². The molecule has 0 atom stereocenters. The SMILES string of the molecule is CCc1ccc(N(C(=O)C(C)C)C2CCN(Cc3ccccc3O)CC2)cc1. The Morgan fingerprint density at radius 2 is 1.75 bits per heavy atom. The highest BCUT2D eigenvalue weighted by Gasteiger charge is 2.30. The summed E-state index contributed by atoms with van der Waals surface area (Å²) in [5, 5.41) is 10.0. The Hall–Kier alpha value is -2.33. The van der Waals surface area contributed by atoms with Gasteiger partial charge in [0.2, 0.25) is 5.91 Å². The number of anilines is 1. The first kappa shape index (κ1) is 20.4. The molecular formula is C24H32N2O2. The summed E-state index contributed by atoms with van der Waals surface area (Å²) >= 11 is 0. The second-order valence-electron chi connectivity index (χ2n) is 8.02. The third-order valence-corrected chi connectivity index (χ3v) is 5.66. The molecule has 150 valence electrons. The van der Waals surface area contributed by atoms with Crippen LogP contribution >= 0.6 is 0 Å². The Morgan fingerprint density at radius 1 is 1.11 bits per heavy atom. The minimum atomic E-state index is -0.0230. The van der Waals surface area contributed by atoms with E-state index in [0.29, 0.717) is 5.75 Å². The van der Waals surface area contributed by atoms with Gasteiger partial charge in [0.05, 0.1) is 0 Å². The summed E-state index contributed by atoms with van der Waals surface area (Å²) in [5.74, 6) is 0.533. The third kappa shape index (κ3) is 4.74. The van der Waals surface area contributed by atoms with Crippen LogP contribution in [0.15, 0.2) is 48.5 Å². The van der Waals surface area contributed by atoms with Crippen LogP contribution in [-0.2, 0) is 17.8 Å². The number of carbonyl (C=O) groups excluding carboxylic acids is 1. The molecule has 4 heteroatoms. The van der Waals surface area contributed by atoms with Crippen molar-refractivity contribution in [2.45, 2.75) is 52.6 Å². The summed E-state index contributed by atoms with van der Waals surface area (Å²) in [7, 11) is 0. The van der Waals surface area contributed by atoms with Gasteiger partial charge >= 0.3 is 0 Å². The van der Waals surface area contributed by atoms with Gasteiger partial charge in [-0.1, -0.05) is 51.1 Å². The molecule has 4 nitrogen and oxygen atoms in total. The van der Waals surface area contributed by atoms with Gasteiger partial charge in [0.25, 0.3) is 0 Å². The van der Waals surface area contributed by atoms with Gasteiger partial charge in [0.1, 0.15) is 5.75 Å². The lowest BCUT2D eigenvalue weighted by Gasteiger charge is -2.39. The monoisotopic (exact) mass is 380 g/mol. The maximum Gasteiger partial charge on any atom is 0.229 e. The Bertz CT molecular complexity index is 777. The number of aryl methyl sites for hydroxylation is 1. The molecule has 28 heavy (non-hydrogen) atoms. The van der Waals surface area contributed by atoms with Gasteiger partial charge in [-0.05, 0) is 43.0 Å². The van der Waals surface area contributed by atoms with Crippen LogP contribution in [0.4, 0.5) is 5.69 Å². The highest BCUT2D eigenvalue weighted by Crippen LogP contribution is 2.27. The molecule has 1 N–H and O–H groups in total. The summed E-state index contributed by atoms with van der Waals surface area (Å²) in [6, 6.07) is 16.2. The van der Waals surface area contributed by atoms with Crippen LogP contribution in [0.3, 0.4) is 0 Å². The van der Waals surface area contributed by atoms with Crippen molar-refractivity contribution in [2.75, 3.05) is 18.0 Å². The third-order valence-electron chi connectivity index (χ3n) is 5.66. The Labute approximate surface area is 168 Å². The molecule has 1 saturated heterocycles. The van der Waals surface area contributed by atoms with E-state index in [1.54, 1.807) is 6.07 Å². The Morgan fingerprint density at radius 3 is 2.32 bits per heavy atom. The number of likely N-dealkylation sites (tertiary alicyclic amines) is 1. The standard InChI is InChI=1S/C24H32N2O2/c1-4-19-9-11-21(12-10-19)26(24(28)18(2)3)22-13-15-25(16-14-22)17-20-7-5-6-8-23(20)27/h5-12,18,22,27H,4,13-17H2,1-3H3. The van der Waals surface area contributed by atoms with E-state index < -0.39 is 0 Å². The summed E-state index contributed by atoms with van der Waals surface area (Å²) in [5.41, 5.74) is 3.26. The summed E-state index contributed by atoms with van der Waals surface area (Å²) in [4.78, 5) is 17.4. The maximum atomic E-state index is 13.0. The first-order chi connectivity index (χ1) is 13.5. The average Bonchev–Trinajstić information content (AvgIpc) is 2.71. The predicted octanol–water partition coefficient (Wildman–Crippen LogP) is 4.61. The van der Waals surface area contributed by atoms with Crippen molar-refractivity contribution in [1.29, 1.82) is 0 Å². The zero-order valence-corrected chi connectivity index (χ0v) is 17.3. The van der Waals surface area contributed by atoms with Crippen LogP contribution in [-0.4, -0.2) is 35.0 Å². The molecule has 0 radical (unpaired) electrons. The number of carbonyl (C=O) groups is 1. The molecule has 1 heterocycles. The minimum absolute atomic E-state index is 0.0230. The highest BCUT2D eigenvalue weighted by molar-refractivity contribution is 5.95. The molecule has 1 aliphatic rings. The first-order valence-electron chi connectivity index (χ1n) is 10.4. The van der Waals surface area contributed by atoms with E-state index >= 15 is 0 Å². The number of aromatic hydroxyl groups is 1. The zero-order valence-electron chi connectivity index (χ0n) is 17.3. The van der Waals surface area contributed by atoms with Gasteiger partial charge in [0.15, 0.2) is 0 Å². The van der Waals surface area contributed by atoms with Gasteiger partial charge in [-0.3, -0.25) is 9.69 Å². The van der Waals surface area contributed by atoms with Crippen LogP contribution < -0.4 is 4.90 Å². The number of nitrogens with zero attached hydrogens (tertiary/aromatic N) is 2. The lowest BCUT2D eigenvalue weighted by atomic mass is 9.99. The molecule has 2 aromatic carbocycles. The molecule has 0 saturated carbocycles. The fourth-order valence-electron chi connectivity index (χ4n) is 3.91. The quantitative estimate of drug-likeness (QED) is 0.796. The van der Waals surface area contributed by atoms with Gasteiger partial charge in [-0.2, -0.15) is 0 Å². The van der Waals surface area contributed by atoms with Gasteiger partial charge in [-0.15, -0.1) is 0 Å². The van der Waals surface area contributed by atoms with E-state index in [0.717, 1.165) is 50.1 Å². The Kier molecular flexibility index (Phi) is 6.74. The van der Waals surface area contributed by atoms with Gasteiger partial charge in [-0.25, -0.2) is 0 Å². The van der Waals surface area contributed by atoms with Gasteiger partial charge in [0, 0.05) is 42.8 Å². The van der Waals surface area contributed by atoms with Crippen LogP contribution in [0.2, 0.25) is 0 Å². The number of rotatable bonds is 6. The smallest absolute Gasteiger partial charge is 0.229 e. The van der Waals surface area contributed by atoms with Crippen LogP contribution in [0.1, 0.15) is 44.7 Å². The number of phenolic OH excluding ortho intramolecular Hbond substituents is 1. The molecule has 0 bridgehead atoms. The van der Waals surface area contributed by atoms with Crippen molar-refractivity contribution in [3.8, 4) is 5.75 Å². The second kappa shape index (κ2) is 9.24. The Balaban J connectivity index is 1.70. The highest BCUT2D eigenvalue weighted by atomic mass is 16.3. The van der Waals surface area contributed by atoms with Crippen molar-refractivity contribution in [2.24, 2.45) is 5.92 Å². The van der Waals surface area contributed by atoms with Crippen molar-refractivity contribution in [1.82, 2.24) is 4.90 Å². The summed E-state index contributed by atoms with van der Waals surface area (Å²) in [6.45, 7) is 8.70. The molecule has 2 aromatic rings. The molecule has 0 aromatic heterocycles. The number of hydrogen-bond acceptors (Lipinski definition) is 3. The van der Waals surface area contributed by atoms with E-state index in [1.165, 1.54) is 5.56 Å².